The summed E-state index contributed by atoms with van der Waals surface area (Å²) in [4.78, 5) is 22.3. The second-order valence-corrected chi connectivity index (χ2v) is 4.76. The quantitative estimate of drug-likeness (QED) is 0.777. The van der Waals surface area contributed by atoms with Crippen LogP contribution in [-0.2, 0) is 9.53 Å². The number of rotatable bonds is 6. The van der Waals surface area contributed by atoms with E-state index in [4.69, 9.17) is 9.84 Å². The number of halogens is 2. The van der Waals surface area contributed by atoms with Crippen LogP contribution in [0, 0.1) is 5.82 Å². The maximum atomic E-state index is 13.8. The summed E-state index contributed by atoms with van der Waals surface area (Å²) >= 11 is 3.17. The number of carbonyl (C=O) groups is 2. The number of amides is 1. The van der Waals surface area contributed by atoms with Crippen LogP contribution >= 0.6 is 15.9 Å². The highest BCUT2D eigenvalue weighted by molar-refractivity contribution is 9.10. The van der Waals surface area contributed by atoms with Crippen LogP contribution in [0.15, 0.2) is 35.3 Å². The van der Waals surface area contributed by atoms with Crippen molar-refractivity contribution < 1.29 is 23.8 Å². The Bertz CT molecular complexity index is 521. The highest BCUT2D eigenvalue weighted by Gasteiger charge is 2.22. The van der Waals surface area contributed by atoms with Crippen molar-refractivity contribution >= 4 is 28.0 Å². The van der Waals surface area contributed by atoms with Crippen LogP contribution in [0.1, 0.15) is 18.0 Å². The van der Waals surface area contributed by atoms with Crippen LogP contribution in [0.3, 0.4) is 0 Å². The monoisotopic (exact) mass is 345 g/mol. The molecule has 0 unspecified atom stereocenters. The molecule has 1 rings (SSSR count). The third-order valence-electron chi connectivity index (χ3n) is 2.34. The number of benzene rings is 1. The molecule has 20 heavy (non-hydrogen) atoms. The van der Waals surface area contributed by atoms with Gasteiger partial charge in [0.2, 0.25) is 0 Å². The molecular weight excluding hydrogens is 333 g/mol. The Labute approximate surface area is 123 Å². The second kappa shape index (κ2) is 7.64. The molecule has 7 heteroatoms. The molecule has 2 N–H and O–H groups in total. The van der Waals surface area contributed by atoms with Crippen LogP contribution in [-0.4, -0.2) is 23.8 Å². The average Bonchev–Trinajstić information content (AvgIpc) is 2.38. The van der Waals surface area contributed by atoms with Crippen molar-refractivity contribution in [1.29, 1.82) is 0 Å². The molecule has 0 fully saturated rings. The second-order valence-electron chi connectivity index (χ2n) is 3.85. The van der Waals surface area contributed by atoms with E-state index in [1.54, 1.807) is 0 Å². The fraction of sp³-hybridized carbons (Fsp3) is 0.231. The lowest BCUT2D eigenvalue weighted by Crippen LogP contribution is -2.31. The van der Waals surface area contributed by atoms with Gasteiger partial charge in [-0.25, -0.2) is 9.18 Å². The number of ether oxygens (including phenoxy) is 1. The summed E-state index contributed by atoms with van der Waals surface area (Å²) in [7, 11) is 0. The van der Waals surface area contributed by atoms with Gasteiger partial charge in [0.05, 0.1) is 12.5 Å². The third kappa shape index (κ3) is 5.00. The largest absolute Gasteiger partial charge is 0.481 e. The number of hydrogen-bond donors (Lipinski definition) is 2. The van der Waals surface area contributed by atoms with Gasteiger partial charge in [0.1, 0.15) is 12.4 Å². The van der Waals surface area contributed by atoms with Crippen molar-refractivity contribution in [2.24, 2.45) is 0 Å². The molecule has 1 amide bonds. The number of hydrogen-bond acceptors (Lipinski definition) is 3. The van der Waals surface area contributed by atoms with Crippen LogP contribution in [0.5, 0.6) is 0 Å². The fourth-order valence-corrected chi connectivity index (χ4v) is 1.89. The number of aliphatic carboxylic acids is 1. The highest BCUT2D eigenvalue weighted by Crippen LogP contribution is 2.24. The number of carbonyl (C=O) groups excluding carboxylic acids is 1. The molecule has 0 aliphatic heterocycles. The predicted molar refractivity (Wildman–Crippen MR) is 73.8 cm³/mol. The molecule has 5 nitrogen and oxygen atoms in total. The van der Waals surface area contributed by atoms with E-state index < -0.39 is 30.3 Å². The van der Waals surface area contributed by atoms with Gasteiger partial charge in [0, 0.05) is 10.0 Å². The van der Waals surface area contributed by atoms with Crippen molar-refractivity contribution in [3.63, 3.8) is 0 Å². The lowest BCUT2D eigenvalue weighted by Gasteiger charge is -2.18. The molecule has 0 saturated heterocycles. The van der Waals surface area contributed by atoms with Gasteiger partial charge in [-0.2, -0.15) is 0 Å². The van der Waals surface area contributed by atoms with Crippen LogP contribution in [0.2, 0.25) is 0 Å². The zero-order valence-electron chi connectivity index (χ0n) is 10.4. The Balaban J connectivity index is 2.93. The molecule has 0 spiro atoms. The molecule has 0 saturated carbocycles. The predicted octanol–water partition coefficient (Wildman–Crippen LogP) is 3.02. The first kappa shape index (κ1) is 16.2. The van der Waals surface area contributed by atoms with E-state index in [1.807, 2.05) is 0 Å². The van der Waals surface area contributed by atoms with Crippen molar-refractivity contribution in [2.45, 2.75) is 12.5 Å². The topological polar surface area (TPSA) is 75.6 Å². The maximum absolute atomic E-state index is 13.8. The average molecular weight is 346 g/mol. The van der Waals surface area contributed by atoms with Crippen LogP contribution in [0.4, 0.5) is 9.18 Å². The van der Waals surface area contributed by atoms with Gasteiger partial charge in [-0.05, 0) is 18.2 Å². The van der Waals surface area contributed by atoms with Gasteiger partial charge in [0.15, 0.2) is 0 Å². The molecular formula is C13H13BrFNO4. The Kier molecular flexibility index (Phi) is 6.17. The zero-order valence-corrected chi connectivity index (χ0v) is 12.0. The van der Waals surface area contributed by atoms with E-state index in [9.17, 15) is 14.0 Å². The van der Waals surface area contributed by atoms with Crippen molar-refractivity contribution in [2.75, 3.05) is 6.61 Å². The normalized spacial score (nSPS) is 11.5. The fourth-order valence-electron chi connectivity index (χ4n) is 1.51. The molecule has 0 aromatic heterocycles. The molecule has 0 aliphatic carbocycles. The maximum Gasteiger partial charge on any atom is 0.407 e. The van der Waals surface area contributed by atoms with Crippen molar-refractivity contribution in [3.05, 3.63) is 46.7 Å². The summed E-state index contributed by atoms with van der Waals surface area (Å²) in [6.45, 7) is 3.36. The molecule has 0 heterocycles. The summed E-state index contributed by atoms with van der Waals surface area (Å²) in [6, 6.07) is 3.05. The standard InChI is InChI=1S/C13H13BrFNO4/c1-2-5-20-13(19)16-11(7-12(17)18)9-6-8(14)3-4-10(9)15/h2-4,6,11H,1,5,7H2,(H,16,19)(H,17,18)/t11-/m0/s1. The van der Waals surface area contributed by atoms with E-state index in [0.29, 0.717) is 4.47 Å². The Morgan fingerprint density at radius 3 is 2.85 bits per heavy atom. The van der Waals surface area contributed by atoms with Gasteiger partial charge in [-0.15, -0.1) is 0 Å². The van der Waals surface area contributed by atoms with Crippen molar-refractivity contribution in [1.82, 2.24) is 5.32 Å². The van der Waals surface area contributed by atoms with E-state index in [-0.39, 0.29) is 12.2 Å². The lowest BCUT2D eigenvalue weighted by molar-refractivity contribution is -0.137. The first-order valence-corrected chi connectivity index (χ1v) is 6.44. The van der Waals surface area contributed by atoms with E-state index in [0.717, 1.165) is 0 Å². The Morgan fingerprint density at radius 1 is 1.55 bits per heavy atom. The minimum absolute atomic E-state index is 0.0212. The third-order valence-corrected chi connectivity index (χ3v) is 2.83. The van der Waals surface area contributed by atoms with Gasteiger partial charge in [-0.3, -0.25) is 4.79 Å². The molecule has 0 bridgehead atoms. The number of alkyl carbamates (subject to hydrolysis) is 1. The lowest BCUT2D eigenvalue weighted by atomic mass is 10.0. The molecule has 0 aliphatic rings. The summed E-state index contributed by atoms with van der Waals surface area (Å²) < 4.78 is 19.0. The van der Waals surface area contributed by atoms with Crippen LogP contribution < -0.4 is 5.32 Å². The van der Waals surface area contributed by atoms with E-state index in [2.05, 4.69) is 27.8 Å². The molecule has 1 aromatic rings. The summed E-state index contributed by atoms with van der Waals surface area (Å²) in [6.07, 6.45) is 0.0673. The minimum Gasteiger partial charge on any atom is -0.481 e. The number of nitrogens with one attached hydrogen (secondary N) is 1. The first-order valence-electron chi connectivity index (χ1n) is 5.65. The first-order chi connectivity index (χ1) is 9.43. The molecule has 0 radical (unpaired) electrons. The minimum atomic E-state index is -1.17. The van der Waals surface area contributed by atoms with Crippen molar-refractivity contribution in [3.8, 4) is 0 Å². The highest BCUT2D eigenvalue weighted by atomic mass is 79.9. The summed E-state index contributed by atoms with van der Waals surface area (Å²) in [5.41, 5.74) is 0.0670. The molecule has 1 atom stereocenters. The number of carboxylic acid groups (broad SMARTS) is 1. The molecule has 1 aromatic carbocycles. The SMILES string of the molecule is C=CCOC(=O)N[C@@H](CC(=O)O)c1cc(Br)ccc1F. The summed E-state index contributed by atoms with van der Waals surface area (Å²) in [5, 5.41) is 11.2. The summed E-state index contributed by atoms with van der Waals surface area (Å²) in [5.74, 6) is -1.78. The van der Waals surface area contributed by atoms with Crippen LogP contribution in [0.25, 0.3) is 0 Å². The zero-order chi connectivity index (χ0) is 15.1. The van der Waals surface area contributed by atoms with Gasteiger partial charge in [-0.1, -0.05) is 28.6 Å². The van der Waals surface area contributed by atoms with E-state index >= 15 is 0 Å². The molecule has 108 valence electrons. The van der Waals surface area contributed by atoms with Gasteiger partial charge >= 0.3 is 12.1 Å². The van der Waals surface area contributed by atoms with E-state index in [1.165, 1.54) is 24.3 Å². The Hall–Kier alpha value is -1.89. The number of carboxylic acids is 1. The smallest absolute Gasteiger partial charge is 0.407 e. The van der Waals surface area contributed by atoms with Gasteiger partial charge in [0.25, 0.3) is 0 Å². The van der Waals surface area contributed by atoms with Gasteiger partial charge < -0.3 is 15.2 Å². The Morgan fingerprint density at radius 2 is 2.25 bits per heavy atom.